The molecule has 31 heavy (non-hydrogen) atoms. The van der Waals surface area contributed by atoms with Crippen molar-refractivity contribution in [1.29, 1.82) is 0 Å². The third-order valence-corrected chi connectivity index (χ3v) is 4.17. The minimum atomic E-state index is -4.60. The molecule has 0 spiro atoms. The molecule has 3 heterocycles. The molecule has 1 aromatic carbocycles. The topological polar surface area (TPSA) is 103 Å². The zero-order chi connectivity index (χ0) is 22.0. The summed E-state index contributed by atoms with van der Waals surface area (Å²) in [6, 6.07) is 7.45. The molecule has 0 radical (unpaired) electrons. The fourth-order valence-corrected chi connectivity index (χ4v) is 2.73. The van der Waals surface area contributed by atoms with Gasteiger partial charge in [-0.25, -0.2) is 0 Å². The second kappa shape index (κ2) is 7.94. The van der Waals surface area contributed by atoms with E-state index in [1.165, 1.54) is 31.8 Å². The summed E-state index contributed by atoms with van der Waals surface area (Å²) in [5.41, 5.74) is -0.652. The summed E-state index contributed by atoms with van der Waals surface area (Å²) in [6.07, 6.45) is -0.392. The summed E-state index contributed by atoms with van der Waals surface area (Å²) in [6.45, 7) is 0. The van der Waals surface area contributed by atoms with Crippen LogP contribution in [0.3, 0.4) is 0 Å². The van der Waals surface area contributed by atoms with Crippen LogP contribution in [-0.2, 0) is 6.18 Å². The second-order valence-corrected chi connectivity index (χ2v) is 6.22. The normalized spacial score (nSPS) is 11.4. The van der Waals surface area contributed by atoms with Crippen LogP contribution in [0.5, 0.6) is 5.75 Å². The van der Waals surface area contributed by atoms with Crippen molar-refractivity contribution in [1.82, 2.24) is 15.2 Å². The number of hydrogen-bond acceptors (Lipinski definition) is 7. The zero-order valence-corrected chi connectivity index (χ0v) is 15.8. The number of nitrogens with zero attached hydrogens (tertiary/aromatic N) is 3. The Labute approximate surface area is 172 Å². The van der Waals surface area contributed by atoms with Crippen LogP contribution in [0, 0.1) is 0 Å². The number of ether oxygens (including phenoxy) is 1. The van der Waals surface area contributed by atoms with Crippen molar-refractivity contribution in [2.45, 2.75) is 6.18 Å². The van der Waals surface area contributed by atoms with Gasteiger partial charge >= 0.3 is 6.18 Å². The quantitative estimate of drug-likeness (QED) is 0.491. The Morgan fingerprint density at radius 3 is 2.61 bits per heavy atom. The highest BCUT2D eigenvalue weighted by Gasteiger charge is 2.32. The predicted molar refractivity (Wildman–Crippen MR) is 101 cm³/mol. The van der Waals surface area contributed by atoms with Crippen LogP contribution in [0.15, 0.2) is 63.9 Å². The summed E-state index contributed by atoms with van der Waals surface area (Å²) in [4.78, 5) is 16.6. The molecule has 4 rings (SSSR count). The first-order valence-corrected chi connectivity index (χ1v) is 8.74. The van der Waals surface area contributed by atoms with Crippen molar-refractivity contribution < 1.29 is 31.5 Å². The number of furan rings is 1. The number of methoxy groups -OCH3 is 1. The highest BCUT2D eigenvalue weighted by Crippen LogP contribution is 2.33. The Balaban J connectivity index is 1.59. The molecule has 158 valence electrons. The molecular weight excluding hydrogens is 417 g/mol. The van der Waals surface area contributed by atoms with Gasteiger partial charge in [-0.1, -0.05) is 0 Å². The second-order valence-electron chi connectivity index (χ2n) is 6.22. The van der Waals surface area contributed by atoms with Crippen molar-refractivity contribution in [2.24, 2.45) is 0 Å². The largest absolute Gasteiger partial charge is 0.496 e. The molecular formula is C20H13F3N4O4. The third-order valence-electron chi connectivity index (χ3n) is 4.17. The maximum absolute atomic E-state index is 13.0. The standard InChI is InChI=1S/C20H13F3N4O4/c1-29-15-5-4-12(20(21,22)23)8-14(15)17(28)25-13-7-11(9-24-10-13)18-26-27-19(31-18)16-3-2-6-30-16/h2-10H,1H3,(H,25,28). The minimum absolute atomic E-state index is 0.00500. The number of halogens is 3. The van der Waals surface area contributed by atoms with Gasteiger partial charge in [-0.2, -0.15) is 13.2 Å². The molecule has 0 fully saturated rings. The average molecular weight is 430 g/mol. The number of benzene rings is 1. The molecule has 0 aliphatic carbocycles. The molecule has 0 atom stereocenters. The smallest absolute Gasteiger partial charge is 0.416 e. The van der Waals surface area contributed by atoms with Gasteiger partial charge in [0.25, 0.3) is 11.8 Å². The summed E-state index contributed by atoms with van der Waals surface area (Å²) >= 11 is 0. The number of anilines is 1. The van der Waals surface area contributed by atoms with Crippen molar-refractivity contribution in [3.05, 3.63) is 66.2 Å². The Bertz CT molecular complexity index is 1220. The van der Waals surface area contributed by atoms with E-state index in [1.807, 2.05) is 0 Å². The van der Waals surface area contributed by atoms with E-state index in [4.69, 9.17) is 13.6 Å². The lowest BCUT2D eigenvalue weighted by Gasteiger charge is -2.13. The first-order chi connectivity index (χ1) is 14.8. The van der Waals surface area contributed by atoms with Gasteiger partial charge in [-0.05, 0) is 36.4 Å². The Morgan fingerprint density at radius 1 is 1.10 bits per heavy atom. The number of alkyl halides is 3. The molecule has 0 saturated carbocycles. The SMILES string of the molecule is COc1ccc(C(F)(F)F)cc1C(=O)Nc1cncc(-c2nnc(-c3ccco3)o2)c1. The average Bonchev–Trinajstić information content (AvgIpc) is 3.44. The number of amides is 1. The lowest BCUT2D eigenvalue weighted by molar-refractivity contribution is -0.137. The van der Waals surface area contributed by atoms with Crippen molar-refractivity contribution in [3.8, 4) is 28.9 Å². The van der Waals surface area contributed by atoms with E-state index >= 15 is 0 Å². The van der Waals surface area contributed by atoms with E-state index in [0.29, 0.717) is 11.3 Å². The van der Waals surface area contributed by atoms with Gasteiger partial charge in [0.1, 0.15) is 5.75 Å². The lowest BCUT2D eigenvalue weighted by atomic mass is 10.1. The van der Waals surface area contributed by atoms with Crippen molar-refractivity contribution in [2.75, 3.05) is 12.4 Å². The van der Waals surface area contributed by atoms with Crippen LogP contribution >= 0.6 is 0 Å². The van der Waals surface area contributed by atoms with Gasteiger partial charge in [-0.3, -0.25) is 9.78 Å². The fraction of sp³-hybridized carbons (Fsp3) is 0.100. The van der Waals surface area contributed by atoms with E-state index in [0.717, 1.165) is 18.2 Å². The number of pyridine rings is 1. The van der Waals surface area contributed by atoms with Gasteiger partial charge in [0, 0.05) is 6.20 Å². The number of nitrogens with one attached hydrogen (secondary N) is 1. The highest BCUT2D eigenvalue weighted by molar-refractivity contribution is 6.06. The van der Waals surface area contributed by atoms with Gasteiger partial charge < -0.3 is 18.9 Å². The van der Waals surface area contributed by atoms with E-state index in [9.17, 15) is 18.0 Å². The molecule has 1 N–H and O–H groups in total. The zero-order valence-electron chi connectivity index (χ0n) is 15.8. The Kier molecular flexibility index (Phi) is 5.15. The van der Waals surface area contributed by atoms with Crippen molar-refractivity contribution >= 4 is 11.6 Å². The van der Waals surface area contributed by atoms with Gasteiger partial charge in [-0.15, -0.1) is 10.2 Å². The van der Waals surface area contributed by atoms with Crippen LogP contribution in [-0.4, -0.2) is 28.2 Å². The predicted octanol–water partition coefficient (Wildman–Crippen LogP) is 4.67. The molecule has 11 heteroatoms. The monoisotopic (exact) mass is 430 g/mol. The first-order valence-electron chi connectivity index (χ1n) is 8.74. The molecule has 0 aliphatic rings. The summed E-state index contributed by atoms with van der Waals surface area (Å²) in [5, 5.41) is 10.3. The highest BCUT2D eigenvalue weighted by atomic mass is 19.4. The van der Waals surface area contributed by atoms with Crippen molar-refractivity contribution in [3.63, 3.8) is 0 Å². The number of aromatic nitrogens is 3. The molecule has 0 bridgehead atoms. The van der Waals surface area contributed by atoms with E-state index in [1.54, 1.807) is 12.1 Å². The maximum atomic E-state index is 13.0. The fourth-order valence-electron chi connectivity index (χ4n) is 2.73. The molecule has 0 aliphatic heterocycles. The molecule has 1 amide bonds. The van der Waals surface area contributed by atoms with Crippen LogP contribution in [0.4, 0.5) is 18.9 Å². The van der Waals surface area contributed by atoms with E-state index in [-0.39, 0.29) is 28.8 Å². The Morgan fingerprint density at radius 2 is 1.90 bits per heavy atom. The molecule has 0 saturated heterocycles. The van der Waals surface area contributed by atoms with Crippen LogP contribution in [0.25, 0.3) is 23.1 Å². The number of carbonyl (C=O) groups excluding carboxylic acids is 1. The van der Waals surface area contributed by atoms with E-state index in [2.05, 4.69) is 20.5 Å². The summed E-state index contributed by atoms with van der Waals surface area (Å²) < 4.78 is 54.8. The van der Waals surface area contributed by atoms with Gasteiger partial charge in [0.2, 0.25) is 5.89 Å². The van der Waals surface area contributed by atoms with E-state index < -0.39 is 17.6 Å². The first kappa shape index (κ1) is 20.1. The molecule has 8 nitrogen and oxygen atoms in total. The van der Waals surface area contributed by atoms with Gasteiger partial charge in [0.15, 0.2) is 5.76 Å². The molecule has 3 aromatic heterocycles. The number of carbonyl (C=O) groups is 1. The number of rotatable bonds is 5. The summed E-state index contributed by atoms with van der Waals surface area (Å²) in [5.74, 6) is -0.152. The minimum Gasteiger partial charge on any atom is -0.496 e. The Hall–Kier alpha value is -4.15. The van der Waals surface area contributed by atoms with Crippen LogP contribution in [0.2, 0.25) is 0 Å². The van der Waals surface area contributed by atoms with Gasteiger partial charge in [0.05, 0.1) is 41.9 Å². The van der Waals surface area contributed by atoms with Crippen LogP contribution < -0.4 is 10.1 Å². The number of hydrogen-bond donors (Lipinski definition) is 1. The third kappa shape index (κ3) is 4.25. The molecule has 4 aromatic rings. The van der Waals surface area contributed by atoms with Crippen LogP contribution in [0.1, 0.15) is 15.9 Å². The lowest BCUT2D eigenvalue weighted by Crippen LogP contribution is -2.15. The maximum Gasteiger partial charge on any atom is 0.416 e. The molecule has 0 unspecified atom stereocenters. The summed E-state index contributed by atoms with van der Waals surface area (Å²) in [7, 11) is 1.26.